The molecule has 0 bridgehead atoms. The van der Waals surface area contributed by atoms with E-state index in [1.807, 2.05) is 7.05 Å². The topological polar surface area (TPSA) is 29.1 Å². The molecule has 0 fully saturated rings. The molecular formula is C13H19F2NOS. The quantitative estimate of drug-likeness (QED) is 0.829. The van der Waals surface area contributed by atoms with Gasteiger partial charge in [0.15, 0.2) is 11.6 Å². The summed E-state index contributed by atoms with van der Waals surface area (Å²) in [5, 5.41) is 3.17. The van der Waals surface area contributed by atoms with Gasteiger partial charge in [-0.15, -0.1) is 0 Å². The summed E-state index contributed by atoms with van der Waals surface area (Å²) in [7, 11) is 0.646. The van der Waals surface area contributed by atoms with Crippen molar-refractivity contribution in [1.29, 1.82) is 0 Å². The van der Waals surface area contributed by atoms with Crippen molar-refractivity contribution >= 4 is 10.8 Å². The summed E-state index contributed by atoms with van der Waals surface area (Å²) in [4.78, 5) is 0.353. The summed E-state index contributed by atoms with van der Waals surface area (Å²) in [5.41, 5.74) is 0. The van der Waals surface area contributed by atoms with Crippen LogP contribution >= 0.6 is 0 Å². The minimum absolute atomic E-state index is 0.353. The third-order valence-corrected chi connectivity index (χ3v) is 4.38. The first-order valence-corrected chi connectivity index (χ1v) is 7.41. The Labute approximate surface area is 109 Å². The Morgan fingerprint density at radius 2 is 2.06 bits per heavy atom. The number of benzene rings is 1. The average Bonchev–Trinajstić information content (AvgIpc) is 2.37. The second-order valence-electron chi connectivity index (χ2n) is 4.16. The van der Waals surface area contributed by atoms with Crippen LogP contribution in [-0.4, -0.2) is 23.1 Å². The maximum atomic E-state index is 13.0. The van der Waals surface area contributed by atoms with Crippen LogP contribution in [0.1, 0.15) is 26.2 Å². The van der Waals surface area contributed by atoms with Crippen LogP contribution in [-0.2, 0) is 10.8 Å². The SMILES string of the molecule is CCC(CCCS(=O)c1ccc(F)c(F)c1)NC. The van der Waals surface area contributed by atoms with Crippen LogP contribution in [0.25, 0.3) is 0 Å². The zero-order chi connectivity index (χ0) is 13.5. The van der Waals surface area contributed by atoms with Crippen molar-refractivity contribution in [3.05, 3.63) is 29.8 Å². The van der Waals surface area contributed by atoms with E-state index < -0.39 is 22.4 Å². The van der Waals surface area contributed by atoms with E-state index in [9.17, 15) is 13.0 Å². The summed E-state index contributed by atoms with van der Waals surface area (Å²) in [6.45, 7) is 2.09. The Kier molecular flexibility index (Phi) is 6.43. The minimum Gasteiger partial charge on any atom is -0.317 e. The van der Waals surface area contributed by atoms with Crippen molar-refractivity contribution < 1.29 is 13.0 Å². The van der Waals surface area contributed by atoms with Crippen LogP contribution in [0.15, 0.2) is 23.1 Å². The molecule has 1 rings (SSSR count). The van der Waals surface area contributed by atoms with E-state index in [4.69, 9.17) is 0 Å². The van der Waals surface area contributed by atoms with Gasteiger partial charge in [0.25, 0.3) is 0 Å². The van der Waals surface area contributed by atoms with Crippen LogP contribution in [0, 0.1) is 11.6 Å². The third kappa shape index (κ3) is 4.46. The fraction of sp³-hybridized carbons (Fsp3) is 0.538. The van der Waals surface area contributed by atoms with Gasteiger partial charge < -0.3 is 5.32 Å². The number of hydrogen-bond donors (Lipinski definition) is 1. The largest absolute Gasteiger partial charge is 0.317 e. The van der Waals surface area contributed by atoms with Gasteiger partial charge in [-0.05, 0) is 44.5 Å². The van der Waals surface area contributed by atoms with Crippen LogP contribution in [0.3, 0.4) is 0 Å². The Bertz CT molecular complexity index is 408. The normalized spacial score (nSPS) is 14.4. The smallest absolute Gasteiger partial charge is 0.160 e. The first-order valence-electron chi connectivity index (χ1n) is 6.09. The van der Waals surface area contributed by atoms with Crippen molar-refractivity contribution in [1.82, 2.24) is 5.32 Å². The lowest BCUT2D eigenvalue weighted by Gasteiger charge is -2.12. The van der Waals surface area contributed by atoms with Crippen LogP contribution in [0.5, 0.6) is 0 Å². The molecule has 18 heavy (non-hydrogen) atoms. The number of nitrogens with one attached hydrogen (secondary N) is 1. The lowest BCUT2D eigenvalue weighted by molar-refractivity contribution is 0.502. The lowest BCUT2D eigenvalue weighted by atomic mass is 10.1. The Hall–Kier alpha value is -0.810. The van der Waals surface area contributed by atoms with Gasteiger partial charge in [-0.1, -0.05) is 6.92 Å². The van der Waals surface area contributed by atoms with E-state index in [1.165, 1.54) is 6.07 Å². The van der Waals surface area contributed by atoms with Crippen LogP contribution < -0.4 is 5.32 Å². The molecule has 0 aliphatic heterocycles. The van der Waals surface area contributed by atoms with Crippen molar-refractivity contribution in [3.8, 4) is 0 Å². The van der Waals surface area contributed by atoms with Gasteiger partial charge in [0.2, 0.25) is 0 Å². The maximum Gasteiger partial charge on any atom is 0.160 e. The van der Waals surface area contributed by atoms with Crippen molar-refractivity contribution in [2.24, 2.45) is 0 Å². The van der Waals surface area contributed by atoms with E-state index >= 15 is 0 Å². The molecule has 2 unspecified atom stereocenters. The molecule has 0 saturated carbocycles. The lowest BCUT2D eigenvalue weighted by Crippen LogP contribution is -2.24. The molecule has 0 radical (unpaired) electrons. The van der Waals surface area contributed by atoms with E-state index in [0.717, 1.165) is 31.4 Å². The molecule has 0 amide bonds. The molecule has 1 aromatic carbocycles. The summed E-state index contributed by atoms with van der Waals surface area (Å²) in [6.07, 6.45) is 2.75. The summed E-state index contributed by atoms with van der Waals surface area (Å²) in [5.74, 6) is -1.37. The van der Waals surface area contributed by atoms with Gasteiger partial charge in [-0.2, -0.15) is 0 Å². The van der Waals surface area contributed by atoms with Crippen LogP contribution in [0.4, 0.5) is 8.78 Å². The van der Waals surface area contributed by atoms with Crippen molar-refractivity contribution in [3.63, 3.8) is 0 Å². The summed E-state index contributed by atoms with van der Waals surface area (Å²) in [6, 6.07) is 3.84. The highest BCUT2D eigenvalue weighted by Crippen LogP contribution is 2.14. The van der Waals surface area contributed by atoms with E-state index in [0.29, 0.717) is 16.7 Å². The highest BCUT2D eigenvalue weighted by atomic mass is 32.2. The second kappa shape index (κ2) is 7.59. The molecular weight excluding hydrogens is 256 g/mol. The van der Waals surface area contributed by atoms with Gasteiger partial charge in [0.1, 0.15) is 0 Å². The van der Waals surface area contributed by atoms with Gasteiger partial charge in [0, 0.05) is 16.7 Å². The fourth-order valence-electron chi connectivity index (χ4n) is 1.75. The highest BCUT2D eigenvalue weighted by Gasteiger charge is 2.09. The Balaban J connectivity index is 2.48. The first-order chi connectivity index (χ1) is 8.58. The van der Waals surface area contributed by atoms with Crippen molar-refractivity contribution in [2.75, 3.05) is 12.8 Å². The zero-order valence-electron chi connectivity index (χ0n) is 10.7. The Morgan fingerprint density at radius 3 is 2.61 bits per heavy atom. The molecule has 1 N–H and O–H groups in total. The number of rotatable bonds is 7. The summed E-state index contributed by atoms with van der Waals surface area (Å²) < 4.78 is 37.6. The molecule has 2 nitrogen and oxygen atoms in total. The molecule has 0 heterocycles. The standard InChI is InChI=1S/C13H19F2NOS/c1-3-10(16-2)5-4-8-18(17)11-6-7-12(14)13(15)9-11/h6-7,9-10,16H,3-5,8H2,1-2H3. The zero-order valence-corrected chi connectivity index (χ0v) is 11.5. The molecule has 0 aliphatic carbocycles. The molecule has 1 aromatic rings. The molecule has 0 aromatic heterocycles. The molecule has 0 saturated heterocycles. The van der Waals surface area contributed by atoms with Gasteiger partial charge in [0.05, 0.1) is 10.8 Å². The predicted molar refractivity (Wildman–Crippen MR) is 70.0 cm³/mol. The van der Waals surface area contributed by atoms with Gasteiger partial charge >= 0.3 is 0 Å². The minimum atomic E-state index is -1.26. The fourth-order valence-corrected chi connectivity index (χ4v) is 2.87. The monoisotopic (exact) mass is 275 g/mol. The number of hydrogen-bond acceptors (Lipinski definition) is 2. The van der Waals surface area contributed by atoms with E-state index in [-0.39, 0.29) is 0 Å². The maximum absolute atomic E-state index is 13.0. The third-order valence-electron chi connectivity index (χ3n) is 2.94. The van der Waals surface area contributed by atoms with Gasteiger partial charge in [-0.3, -0.25) is 4.21 Å². The summed E-state index contributed by atoms with van der Waals surface area (Å²) >= 11 is 0. The number of halogens is 2. The molecule has 5 heteroatoms. The second-order valence-corrected chi connectivity index (χ2v) is 5.73. The Morgan fingerprint density at radius 1 is 1.33 bits per heavy atom. The van der Waals surface area contributed by atoms with Crippen molar-refractivity contribution in [2.45, 2.75) is 37.1 Å². The predicted octanol–water partition coefficient (Wildman–Crippen LogP) is 2.85. The molecule has 0 spiro atoms. The molecule has 2 atom stereocenters. The van der Waals surface area contributed by atoms with Gasteiger partial charge in [-0.25, -0.2) is 8.78 Å². The first kappa shape index (κ1) is 15.2. The van der Waals surface area contributed by atoms with E-state index in [2.05, 4.69) is 12.2 Å². The highest BCUT2D eigenvalue weighted by molar-refractivity contribution is 7.85. The van der Waals surface area contributed by atoms with Crippen LogP contribution in [0.2, 0.25) is 0 Å². The molecule has 102 valence electrons. The molecule has 0 aliphatic rings. The average molecular weight is 275 g/mol. The van der Waals surface area contributed by atoms with E-state index in [1.54, 1.807) is 0 Å².